The Labute approximate surface area is 104 Å². The number of carboxylic acid groups (broad SMARTS) is 1. The maximum atomic E-state index is 10.8. The molecule has 2 heterocycles. The van der Waals surface area contributed by atoms with Crippen LogP contribution in [0.3, 0.4) is 0 Å². The van der Waals surface area contributed by atoms with E-state index in [1.165, 1.54) is 12.3 Å². The zero-order chi connectivity index (χ0) is 13.1. The highest BCUT2D eigenvalue weighted by atomic mass is 16.5. The van der Waals surface area contributed by atoms with E-state index < -0.39 is 5.97 Å². The van der Waals surface area contributed by atoms with Crippen LogP contribution in [0.2, 0.25) is 0 Å². The van der Waals surface area contributed by atoms with E-state index in [-0.39, 0.29) is 18.3 Å². The van der Waals surface area contributed by atoms with E-state index in [0.717, 1.165) is 0 Å². The van der Waals surface area contributed by atoms with Crippen LogP contribution in [0.5, 0.6) is 0 Å². The van der Waals surface area contributed by atoms with Crippen molar-refractivity contribution in [3.05, 3.63) is 17.8 Å². The summed E-state index contributed by atoms with van der Waals surface area (Å²) in [5, 5.41) is 17.9. The van der Waals surface area contributed by atoms with Crippen molar-refractivity contribution in [2.24, 2.45) is 0 Å². The van der Waals surface area contributed by atoms with E-state index in [0.29, 0.717) is 31.2 Å². The Morgan fingerprint density at radius 2 is 2.44 bits per heavy atom. The zero-order valence-corrected chi connectivity index (χ0v) is 9.74. The number of ether oxygens (including phenoxy) is 1. The Kier molecular flexibility index (Phi) is 3.63. The number of hydrogen-bond acceptors (Lipinski definition) is 6. The molecule has 1 unspecified atom stereocenters. The molecule has 0 saturated carbocycles. The van der Waals surface area contributed by atoms with Crippen LogP contribution in [0, 0.1) is 0 Å². The zero-order valence-electron chi connectivity index (χ0n) is 9.74. The van der Waals surface area contributed by atoms with Crippen LogP contribution in [0.25, 0.3) is 0 Å². The molecule has 1 aromatic heterocycles. The lowest BCUT2D eigenvalue weighted by atomic mass is 10.2. The van der Waals surface area contributed by atoms with Gasteiger partial charge in [-0.3, -0.25) is 0 Å². The Morgan fingerprint density at radius 3 is 3.06 bits per heavy atom. The number of aromatic carboxylic acids is 1. The number of carbonyl (C=O) groups is 1. The number of morpholine rings is 1. The number of aliphatic hydroxyl groups is 1. The minimum Gasteiger partial charge on any atom is -0.478 e. The van der Waals surface area contributed by atoms with Crippen molar-refractivity contribution >= 4 is 17.5 Å². The van der Waals surface area contributed by atoms with Crippen molar-refractivity contribution in [1.82, 2.24) is 4.98 Å². The largest absolute Gasteiger partial charge is 0.478 e. The number of anilines is 2. The van der Waals surface area contributed by atoms with Crippen molar-refractivity contribution in [1.29, 1.82) is 0 Å². The first-order valence-electron chi connectivity index (χ1n) is 5.58. The molecule has 1 aromatic rings. The molecule has 1 atom stereocenters. The molecular weight excluding hydrogens is 238 g/mol. The van der Waals surface area contributed by atoms with Crippen LogP contribution in [0.4, 0.5) is 11.5 Å². The molecule has 1 aliphatic heterocycles. The standard InChI is InChI=1S/C11H15N3O4/c12-9-3-7(11(16)17)4-13-10(9)14-1-2-18-8(5-14)6-15/h3-4,8,15H,1-2,5-6,12H2,(H,16,17). The summed E-state index contributed by atoms with van der Waals surface area (Å²) in [5.74, 6) is -0.530. The van der Waals surface area contributed by atoms with E-state index in [2.05, 4.69) is 4.98 Å². The summed E-state index contributed by atoms with van der Waals surface area (Å²) in [6, 6.07) is 1.38. The van der Waals surface area contributed by atoms with Gasteiger partial charge in [0.15, 0.2) is 5.82 Å². The lowest BCUT2D eigenvalue weighted by Crippen LogP contribution is -2.44. The molecule has 1 saturated heterocycles. The highest BCUT2D eigenvalue weighted by Gasteiger charge is 2.22. The fourth-order valence-electron chi connectivity index (χ4n) is 1.88. The molecule has 1 aliphatic rings. The lowest BCUT2D eigenvalue weighted by Gasteiger charge is -2.33. The number of pyridine rings is 1. The van der Waals surface area contributed by atoms with Gasteiger partial charge < -0.3 is 25.6 Å². The van der Waals surface area contributed by atoms with Crippen molar-refractivity contribution in [2.75, 3.05) is 36.9 Å². The van der Waals surface area contributed by atoms with Gasteiger partial charge in [0.25, 0.3) is 0 Å². The van der Waals surface area contributed by atoms with Crippen LogP contribution < -0.4 is 10.6 Å². The van der Waals surface area contributed by atoms with Crippen LogP contribution in [-0.4, -0.2) is 53.6 Å². The van der Waals surface area contributed by atoms with E-state index in [4.69, 9.17) is 20.7 Å². The molecule has 0 radical (unpaired) electrons. The van der Waals surface area contributed by atoms with Gasteiger partial charge in [0.05, 0.1) is 30.6 Å². The number of hydrogen-bond donors (Lipinski definition) is 3. The Hall–Kier alpha value is -1.86. The number of nitrogens with zero attached hydrogens (tertiary/aromatic N) is 2. The summed E-state index contributed by atoms with van der Waals surface area (Å²) in [6.45, 7) is 1.51. The number of aromatic nitrogens is 1. The minimum absolute atomic E-state index is 0.0585. The predicted octanol–water partition coefficient (Wildman–Crippen LogP) is -0.441. The summed E-state index contributed by atoms with van der Waals surface area (Å²) in [7, 11) is 0. The number of nitrogens with two attached hydrogens (primary N) is 1. The van der Waals surface area contributed by atoms with Crippen LogP contribution >= 0.6 is 0 Å². The average molecular weight is 253 g/mol. The van der Waals surface area contributed by atoms with Gasteiger partial charge in [-0.15, -0.1) is 0 Å². The molecule has 0 aliphatic carbocycles. The Morgan fingerprint density at radius 1 is 1.67 bits per heavy atom. The third kappa shape index (κ3) is 2.52. The van der Waals surface area contributed by atoms with Gasteiger partial charge in [0.1, 0.15) is 0 Å². The van der Waals surface area contributed by atoms with Crippen molar-refractivity contribution in [3.63, 3.8) is 0 Å². The van der Waals surface area contributed by atoms with Gasteiger partial charge in [-0.05, 0) is 6.07 Å². The first-order chi connectivity index (χ1) is 8.61. The molecule has 0 amide bonds. The van der Waals surface area contributed by atoms with Gasteiger partial charge in [0, 0.05) is 19.3 Å². The summed E-state index contributed by atoms with van der Waals surface area (Å²) >= 11 is 0. The SMILES string of the molecule is Nc1cc(C(=O)O)cnc1N1CCOC(CO)C1. The van der Waals surface area contributed by atoms with Crippen molar-refractivity contribution in [2.45, 2.75) is 6.10 Å². The third-order valence-electron chi connectivity index (χ3n) is 2.78. The van der Waals surface area contributed by atoms with Crippen LogP contribution in [-0.2, 0) is 4.74 Å². The first-order valence-corrected chi connectivity index (χ1v) is 5.58. The lowest BCUT2D eigenvalue weighted by molar-refractivity contribution is 0.00340. The van der Waals surface area contributed by atoms with Crippen LogP contribution in [0.15, 0.2) is 12.3 Å². The molecule has 98 valence electrons. The number of rotatable bonds is 3. The molecular formula is C11H15N3O4. The van der Waals surface area contributed by atoms with Crippen LogP contribution in [0.1, 0.15) is 10.4 Å². The molecule has 7 nitrogen and oxygen atoms in total. The second-order valence-electron chi connectivity index (χ2n) is 4.06. The van der Waals surface area contributed by atoms with E-state index in [1.54, 1.807) is 0 Å². The van der Waals surface area contributed by atoms with Crippen molar-refractivity contribution < 1.29 is 19.7 Å². The average Bonchev–Trinajstić information content (AvgIpc) is 2.38. The second kappa shape index (κ2) is 5.19. The smallest absolute Gasteiger partial charge is 0.337 e. The van der Waals surface area contributed by atoms with Gasteiger partial charge >= 0.3 is 5.97 Å². The Balaban J connectivity index is 2.20. The van der Waals surface area contributed by atoms with Gasteiger partial charge in [-0.2, -0.15) is 0 Å². The number of nitrogen functional groups attached to an aromatic ring is 1. The molecule has 4 N–H and O–H groups in total. The predicted molar refractivity (Wildman–Crippen MR) is 64.6 cm³/mol. The molecule has 18 heavy (non-hydrogen) atoms. The first kappa shape index (κ1) is 12.6. The molecule has 7 heteroatoms. The van der Waals surface area contributed by atoms with Gasteiger partial charge in [0.2, 0.25) is 0 Å². The Bertz CT molecular complexity index is 452. The molecule has 1 fully saturated rings. The normalized spacial score (nSPS) is 19.8. The van der Waals surface area contributed by atoms with Crippen molar-refractivity contribution in [3.8, 4) is 0 Å². The third-order valence-corrected chi connectivity index (χ3v) is 2.78. The summed E-state index contributed by atoms with van der Waals surface area (Å²) < 4.78 is 5.33. The molecule has 0 aromatic carbocycles. The van der Waals surface area contributed by atoms with E-state index in [1.807, 2.05) is 4.90 Å². The molecule has 2 rings (SSSR count). The minimum atomic E-state index is -1.06. The number of carboxylic acids is 1. The van der Waals surface area contributed by atoms with Gasteiger partial charge in [-0.25, -0.2) is 9.78 Å². The molecule has 0 spiro atoms. The highest BCUT2D eigenvalue weighted by Crippen LogP contribution is 2.23. The monoisotopic (exact) mass is 253 g/mol. The maximum Gasteiger partial charge on any atom is 0.337 e. The summed E-state index contributed by atoms with van der Waals surface area (Å²) in [4.78, 5) is 16.7. The fourth-order valence-corrected chi connectivity index (χ4v) is 1.88. The number of aliphatic hydroxyl groups excluding tert-OH is 1. The van der Waals surface area contributed by atoms with E-state index in [9.17, 15) is 4.79 Å². The van der Waals surface area contributed by atoms with E-state index >= 15 is 0 Å². The fraction of sp³-hybridized carbons (Fsp3) is 0.455. The summed E-state index contributed by atoms with van der Waals surface area (Å²) in [6.07, 6.45) is 1.01. The highest BCUT2D eigenvalue weighted by molar-refractivity contribution is 5.89. The van der Waals surface area contributed by atoms with Gasteiger partial charge in [-0.1, -0.05) is 0 Å². The molecule has 0 bridgehead atoms. The second-order valence-corrected chi connectivity index (χ2v) is 4.06. The quantitative estimate of drug-likeness (QED) is 0.670. The summed E-state index contributed by atoms with van der Waals surface area (Å²) in [5.41, 5.74) is 6.18. The topological polar surface area (TPSA) is 109 Å². The maximum absolute atomic E-state index is 10.8.